The maximum Gasteiger partial charge on any atom is 0.251 e. The monoisotopic (exact) mass is 412 g/mol. The van der Waals surface area contributed by atoms with Crippen LogP contribution in [0.4, 0.5) is 0 Å². The zero-order valence-electron chi connectivity index (χ0n) is 13.8. The number of aliphatic hydroxyl groups is 1. The molecule has 2 N–H and O–H groups in total. The molecule has 1 atom stereocenters. The second-order valence-corrected chi connectivity index (χ2v) is 6.49. The Morgan fingerprint density at radius 2 is 1.85 bits per heavy atom. The first kappa shape index (κ1) is 18.1. The molecule has 0 radical (unpaired) electrons. The molecule has 3 aromatic rings. The molecule has 0 aliphatic carbocycles. The SMILES string of the molecule is O=C(N[C@H](CO)c1cccc(Br)c1)c1cccc(Oc2ccncc2)c1. The number of aromatic nitrogens is 1. The summed E-state index contributed by atoms with van der Waals surface area (Å²) in [6.07, 6.45) is 3.27. The minimum absolute atomic E-state index is 0.199. The van der Waals surface area contributed by atoms with Crippen LogP contribution in [-0.4, -0.2) is 22.6 Å². The van der Waals surface area contributed by atoms with Gasteiger partial charge in [0.25, 0.3) is 5.91 Å². The molecule has 6 heteroatoms. The third kappa shape index (κ3) is 4.68. The van der Waals surface area contributed by atoms with Crippen LogP contribution in [0, 0.1) is 0 Å². The summed E-state index contributed by atoms with van der Waals surface area (Å²) in [7, 11) is 0. The largest absolute Gasteiger partial charge is 0.457 e. The van der Waals surface area contributed by atoms with Crippen LogP contribution >= 0.6 is 15.9 Å². The summed E-state index contributed by atoms with van der Waals surface area (Å²) < 4.78 is 6.61. The molecule has 3 rings (SSSR count). The van der Waals surface area contributed by atoms with E-state index in [9.17, 15) is 9.90 Å². The molecule has 0 unspecified atom stereocenters. The molecule has 1 amide bonds. The first-order valence-corrected chi connectivity index (χ1v) is 8.80. The van der Waals surface area contributed by atoms with Gasteiger partial charge in [-0.2, -0.15) is 0 Å². The van der Waals surface area contributed by atoms with E-state index in [2.05, 4.69) is 26.2 Å². The van der Waals surface area contributed by atoms with Crippen LogP contribution in [0.5, 0.6) is 11.5 Å². The lowest BCUT2D eigenvalue weighted by atomic mass is 10.1. The fourth-order valence-electron chi connectivity index (χ4n) is 2.44. The van der Waals surface area contributed by atoms with Crippen LogP contribution in [0.2, 0.25) is 0 Å². The van der Waals surface area contributed by atoms with E-state index in [-0.39, 0.29) is 12.5 Å². The molecule has 0 aliphatic heterocycles. The number of carbonyl (C=O) groups is 1. The highest BCUT2D eigenvalue weighted by atomic mass is 79.9. The van der Waals surface area contributed by atoms with Gasteiger partial charge in [-0.1, -0.05) is 34.1 Å². The van der Waals surface area contributed by atoms with Gasteiger partial charge in [-0.3, -0.25) is 9.78 Å². The predicted molar refractivity (Wildman–Crippen MR) is 102 cm³/mol. The summed E-state index contributed by atoms with van der Waals surface area (Å²) in [5.74, 6) is 0.899. The summed E-state index contributed by atoms with van der Waals surface area (Å²) in [6.45, 7) is -0.199. The lowest BCUT2D eigenvalue weighted by Gasteiger charge is -2.17. The number of hydrogen-bond acceptors (Lipinski definition) is 4. The molecule has 0 bridgehead atoms. The molecule has 0 fully saturated rings. The topological polar surface area (TPSA) is 71.5 Å². The highest BCUT2D eigenvalue weighted by Crippen LogP contribution is 2.22. The highest BCUT2D eigenvalue weighted by Gasteiger charge is 2.16. The smallest absolute Gasteiger partial charge is 0.251 e. The predicted octanol–water partition coefficient (Wildman–Crippen LogP) is 4.10. The number of carbonyl (C=O) groups excluding carboxylic acids is 1. The summed E-state index contributed by atoms with van der Waals surface area (Å²) in [6, 6.07) is 17.3. The number of rotatable bonds is 6. The second-order valence-electron chi connectivity index (χ2n) is 5.58. The molecule has 1 aromatic heterocycles. The summed E-state index contributed by atoms with van der Waals surface area (Å²) >= 11 is 3.40. The van der Waals surface area contributed by atoms with E-state index in [1.165, 1.54) is 0 Å². The number of pyridine rings is 1. The Balaban J connectivity index is 1.74. The van der Waals surface area contributed by atoms with Crippen LogP contribution in [0.15, 0.2) is 77.5 Å². The number of hydrogen-bond donors (Lipinski definition) is 2. The molecule has 1 heterocycles. The zero-order valence-corrected chi connectivity index (χ0v) is 15.4. The molecule has 5 nitrogen and oxygen atoms in total. The molecule has 0 spiro atoms. The van der Waals surface area contributed by atoms with Crippen molar-refractivity contribution in [2.24, 2.45) is 0 Å². The normalized spacial score (nSPS) is 11.6. The van der Waals surface area contributed by atoms with Gasteiger partial charge in [0.2, 0.25) is 0 Å². The van der Waals surface area contributed by atoms with Gasteiger partial charge in [0.05, 0.1) is 12.6 Å². The lowest BCUT2D eigenvalue weighted by molar-refractivity contribution is 0.0916. The van der Waals surface area contributed by atoms with Gasteiger partial charge in [0.15, 0.2) is 0 Å². The van der Waals surface area contributed by atoms with Gasteiger partial charge in [-0.25, -0.2) is 0 Å². The number of aliphatic hydroxyl groups excluding tert-OH is 1. The third-order valence-corrected chi connectivity index (χ3v) is 4.21. The zero-order chi connectivity index (χ0) is 18.4. The fraction of sp³-hybridized carbons (Fsp3) is 0.100. The van der Waals surface area contributed by atoms with Crippen LogP contribution in [0.25, 0.3) is 0 Å². The van der Waals surface area contributed by atoms with Gasteiger partial charge in [-0.15, -0.1) is 0 Å². The van der Waals surface area contributed by atoms with Crippen molar-refractivity contribution in [3.8, 4) is 11.5 Å². The maximum atomic E-state index is 12.6. The van der Waals surface area contributed by atoms with Crippen molar-refractivity contribution in [2.75, 3.05) is 6.61 Å². The molecule has 0 saturated carbocycles. The van der Waals surface area contributed by atoms with Crippen molar-refractivity contribution in [2.45, 2.75) is 6.04 Å². The van der Waals surface area contributed by atoms with E-state index in [0.29, 0.717) is 17.1 Å². The van der Waals surface area contributed by atoms with Crippen molar-refractivity contribution >= 4 is 21.8 Å². The average Bonchev–Trinajstić information content (AvgIpc) is 2.67. The van der Waals surface area contributed by atoms with Crippen LogP contribution in [0.1, 0.15) is 22.0 Å². The number of ether oxygens (including phenoxy) is 1. The Kier molecular flexibility index (Phi) is 5.99. The van der Waals surface area contributed by atoms with Gasteiger partial charge in [0, 0.05) is 22.4 Å². The van der Waals surface area contributed by atoms with E-state index in [4.69, 9.17) is 4.74 Å². The van der Waals surface area contributed by atoms with Crippen molar-refractivity contribution in [1.29, 1.82) is 0 Å². The lowest BCUT2D eigenvalue weighted by Crippen LogP contribution is -2.30. The fourth-order valence-corrected chi connectivity index (χ4v) is 2.86. The van der Waals surface area contributed by atoms with E-state index >= 15 is 0 Å². The van der Waals surface area contributed by atoms with Crippen LogP contribution in [0.3, 0.4) is 0 Å². The number of nitrogens with one attached hydrogen (secondary N) is 1. The van der Waals surface area contributed by atoms with E-state index in [0.717, 1.165) is 10.0 Å². The van der Waals surface area contributed by atoms with Crippen molar-refractivity contribution in [1.82, 2.24) is 10.3 Å². The average molecular weight is 413 g/mol. The van der Waals surface area contributed by atoms with Gasteiger partial charge in [0.1, 0.15) is 11.5 Å². The first-order chi connectivity index (χ1) is 12.7. The van der Waals surface area contributed by atoms with Crippen molar-refractivity contribution < 1.29 is 14.6 Å². The minimum Gasteiger partial charge on any atom is -0.457 e. The highest BCUT2D eigenvalue weighted by molar-refractivity contribution is 9.10. The molecule has 0 saturated heterocycles. The second kappa shape index (κ2) is 8.60. The number of nitrogens with zero attached hydrogens (tertiary/aromatic N) is 1. The molecular formula is C20H17BrN2O3. The Morgan fingerprint density at radius 1 is 1.08 bits per heavy atom. The van der Waals surface area contributed by atoms with E-state index < -0.39 is 6.04 Å². The summed E-state index contributed by atoms with van der Waals surface area (Å²) in [5, 5.41) is 12.5. The van der Waals surface area contributed by atoms with Crippen molar-refractivity contribution in [3.63, 3.8) is 0 Å². The minimum atomic E-state index is -0.496. The number of benzene rings is 2. The molecular weight excluding hydrogens is 396 g/mol. The third-order valence-electron chi connectivity index (χ3n) is 3.72. The van der Waals surface area contributed by atoms with Gasteiger partial charge < -0.3 is 15.2 Å². The standard InChI is InChI=1S/C20H17BrN2O3/c21-16-5-1-3-14(11-16)19(13-24)23-20(25)15-4-2-6-18(12-15)26-17-7-9-22-10-8-17/h1-12,19,24H,13H2,(H,23,25)/t19-/m1/s1. The maximum absolute atomic E-state index is 12.6. The summed E-state index contributed by atoms with van der Waals surface area (Å²) in [5.41, 5.74) is 1.27. The Labute approximate surface area is 159 Å². The van der Waals surface area contributed by atoms with E-state index in [1.807, 2.05) is 24.3 Å². The Hall–Kier alpha value is -2.70. The van der Waals surface area contributed by atoms with Gasteiger partial charge >= 0.3 is 0 Å². The van der Waals surface area contributed by atoms with Crippen molar-refractivity contribution in [3.05, 3.63) is 88.7 Å². The Morgan fingerprint density at radius 3 is 2.58 bits per heavy atom. The molecule has 0 aliphatic rings. The summed E-state index contributed by atoms with van der Waals surface area (Å²) in [4.78, 5) is 16.5. The number of amides is 1. The van der Waals surface area contributed by atoms with Crippen LogP contribution in [-0.2, 0) is 0 Å². The van der Waals surface area contributed by atoms with Crippen LogP contribution < -0.4 is 10.1 Å². The Bertz CT molecular complexity index is 887. The van der Waals surface area contributed by atoms with E-state index in [1.54, 1.807) is 48.8 Å². The quantitative estimate of drug-likeness (QED) is 0.639. The molecule has 2 aromatic carbocycles. The molecule has 132 valence electrons. The molecule has 26 heavy (non-hydrogen) atoms. The van der Waals surface area contributed by atoms with Gasteiger partial charge in [-0.05, 0) is 48.0 Å². The first-order valence-electron chi connectivity index (χ1n) is 8.01. The number of halogens is 1.